The average molecular weight is 251 g/mol. The first kappa shape index (κ1) is 12.4. The molecule has 0 radical (unpaired) electrons. The minimum Gasteiger partial charge on any atom is -0.339 e. The van der Waals surface area contributed by atoms with Crippen molar-refractivity contribution in [2.75, 3.05) is 39.3 Å². The zero-order chi connectivity index (χ0) is 12.5. The van der Waals surface area contributed by atoms with Gasteiger partial charge >= 0.3 is 0 Å². The van der Waals surface area contributed by atoms with Crippen LogP contribution in [-0.4, -0.2) is 61.0 Å². The molecule has 0 aliphatic carbocycles. The molecular weight excluding hydrogens is 226 g/mol. The molecule has 0 aromatic rings. The highest BCUT2D eigenvalue weighted by molar-refractivity contribution is 5.77. The second-order valence-corrected chi connectivity index (χ2v) is 6.17. The summed E-state index contributed by atoms with van der Waals surface area (Å²) in [5.41, 5.74) is 0. The van der Waals surface area contributed by atoms with Crippen molar-refractivity contribution >= 4 is 5.91 Å². The van der Waals surface area contributed by atoms with Crippen molar-refractivity contribution in [2.24, 2.45) is 11.8 Å². The van der Waals surface area contributed by atoms with Crippen molar-refractivity contribution in [3.63, 3.8) is 0 Å². The van der Waals surface area contributed by atoms with Gasteiger partial charge in [0.1, 0.15) is 0 Å². The number of amides is 1. The van der Waals surface area contributed by atoms with E-state index in [1.807, 2.05) is 0 Å². The monoisotopic (exact) mass is 251 g/mol. The lowest BCUT2D eigenvalue weighted by Gasteiger charge is -2.25. The SMILES string of the molecule is CC1C2CNCC2CN1C(=O)CCN1CCCC1. The minimum absolute atomic E-state index is 0.379. The summed E-state index contributed by atoms with van der Waals surface area (Å²) in [4.78, 5) is 16.9. The van der Waals surface area contributed by atoms with Gasteiger partial charge in [-0.3, -0.25) is 4.79 Å². The van der Waals surface area contributed by atoms with E-state index in [0.29, 0.717) is 23.8 Å². The summed E-state index contributed by atoms with van der Waals surface area (Å²) >= 11 is 0. The van der Waals surface area contributed by atoms with Gasteiger partial charge in [0.2, 0.25) is 5.91 Å². The minimum atomic E-state index is 0.379. The van der Waals surface area contributed by atoms with E-state index in [9.17, 15) is 4.79 Å². The molecule has 0 spiro atoms. The number of nitrogens with one attached hydrogen (secondary N) is 1. The van der Waals surface area contributed by atoms with Crippen molar-refractivity contribution in [3.8, 4) is 0 Å². The molecule has 0 bridgehead atoms. The van der Waals surface area contributed by atoms with Crippen molar-refractivity contribution in [3.05, 3.63) is 0 Å². The summed E-state index contributed by atoms with van der Waals surface area (Å²) in [7, 11) is 0. The van der Waals surface area contributed by atoms with Crippen LogP contribution in [0, 0.1) is 11.8 Å². The summed E-state index contributed by atoms with van der Waals surface area (Å²) in [6, 6.07) is 0.441. The molecule has 18 heavy (non-hydrogen) atoms. The number of hydrogen-bond donors (Lipinski definition) is 1. The first-order chi connectivity index (χ1) is 8.75. The standard InChI is InChI=1S/C14H25N3O/c1-11-13-9-15-8-12(13)10-17(11)14(18)4-7-16-5-2-3-6-16/h11-13,15H,2-10H2,1H3. The predicted octanol–water partition coefficient (Wildman–Crippen LogP) is 0.539. The second kappa shape index (κ2) is 5.17. The Morgan fingerprint density at radius 3 is 2.78 bits per heavy atom. The van der Waals surface area contributed by atoms with Crippen LogP contribution in [0.2, 0.25) is 0 Å². The van der Waals surface area contributed by atoms with Crippen molar-refractivity contribution in [1.29, 1.82) is 0 Å². The molecule has 1 amide bonds. The van der Waals surface area contributed by atoms with Gasteiger partial charge in [0, 0.05) is 38.6 Å². The zero-order valence-corrected chi connectivity index (χ0v) is 11.4. The highest BCUT2D eigenvalue weighted by Crippen LogP contribution is 2.32. The van der Waals surface area contributed by atoms with Gasteiger partial charge in [0.15, 0.2) is 0 Å². The molecule has 4 heteroatoms. The van der Waals surface area contributed by atoms with E-state index >= 15 is 0 Å². The molecule has 3 aliphatic heterocycles. The van der Waals surface area contributed by atoms with E-state index in [1.54, 1.807) is 0 Å². The first-order valence-electron chi connectivity index (χ1n) is 7.48. The Hall–Kier alpha value is -0.610. The second-order valence-electron chi connectivity index (χ2n) is 6.17. The molecule has 102 valence electrons. The van der Waals surface area contributed by atoms with Gasteiger partial charge in [-0.15, -0.1) is 0 Å². The quantitative estimate of drug-likeness (QED) is 0.795. The molecule has 3 rings (SSSR count). The molecule has 0 saturated carbocycles. The number of hydrogen-bond acceptors (Lipinski definition) is 3. The summed E-state index contributed by atoms with van der Waals surface area (Å²) in [5, 5.41) is 3.44. The molecule has 3 fully saturated rings. The Morgan fingerprint density at radius 2 is 2.06 bits per heavy atom. The van der Waals surface area contributed by atoms with Crippen LogP contribution in [0.3, 0.4) is 0 Å². The normalized spacial score (nSPS) is 36.3. The first-order valence-corrected chi connectivity index (χ1v) is 7.48. The van der Waals surface area contributed by atoms with E-state index in [0.717, 1.165) is 32.6 Å². The van der Waals surface area contributed by atoms with Crippen LogP contribution in [0.5, 0.6) is 0 Å². The molecule has 1 N–H and O–H groups in total. The third-order valence-corrected chi connectivity index (χ3v) is 5.10. The van der Waals surface area contributed by atoms with Gasteiger partial charge in [-0.2, -0.15) is 0 Å². The Labute approximate surface area is 110 Å². The van der Waals surface area contributed by atoms with Gasteiger partial charge in [0.05, 0.1) is 0 Å². The van der Waals surface area contributed by atoms with Crippen molar-refractivity contribution in [2.45, 2.75) is 32.2 Å². The van der Waals surface area contributed by atoms with Gasteiger partial charge in [-0.25, -0.2) is 0 Å². The van der Waals surface area contributed by atoms with Crippen LogP contribution in [0.15, 0.2) is 0 Å². The predicted molar refractivity (Wildman–Crippen MR) is 71.3 cm³/mol. The maximum atomic E-state index is 12.3. The molecule has 3 saturated heterocycles. The largest absolute Gasteiger partial charge is 0.339 e. The third kappa shape index (κ3) is 2.28. The fraction of sp³-hybridized carbons (Fsp3) is 0.929. The molecule has 0 aromatic carbocycles. The lowest BCUT2D eigenvalue weighted by atomic mass is 9.95. The fourth-order valence-corrected chi connectivity index (χ4v) is 3.90. The van der Waals surface area contributed by atoms with E-state index < -0.39 is 0 Å². The third-order valence-electron chi connectivity index (χ3n) is 5.10. The number of carbonyl (C=O) groups excluding carboxylic acids is 1. The molecular formula is C14H25N3O. The summed E-state index contributed by atoms with van der Waals surface area (Å²) in [5.74, 6) is 1.78. The van der Waals surface area contributed by atoms with Crippen LogP contribution < -0.4 is 5.32 Å². The van der Waals surface area contributed by atoms with Crippen molar-refractivity contribution < 1.29 is 4.79 Å². The molecule has 4 nitrogen and oxygen atoms in total. The molecule has 3 atom stereocenters. The Bertz CT molecular complexity index is 314. The number of fused-ring (bicyclic) bond motifs is 1. The zero-order valence-electron chi connectivity index (χ0n) is 11.4. The molecule has 3 aliphatic rings. The molecule has 3 unspecified atom stereocenters. The fourth-order valence-electron chi connectivity index (χ4n) is 3.90. The highest BCUT2D eigenvalue weighted by Gasteiger charge is 2.43. The van der Waals surface area contributed by atoms with Crippen LogP contribution in [0.25, 0.3) is 0 Å². The topological polar surface area (TPSA) is 35.6 Å². The Kier molecular flexibility index (Phi) is 3.57. The van der Waals surface area contributed by atoms with Crippen molar-refractivity contribution in [1.82, 2.24) is 15.1 Å². The summed E-state index contributed by atoms with van der Waals surface area (Å²) in [6.45, 7) is 8.77. The lowest BCUT2D eigenvalue weighted by Crippen LogP contribution is -2.39. The van der Waals surface area contributed by atoms with Gasteiger partial charge < -0.3 is 15.1 Å². The number of nitrogens with zero attached hydrogens (tertiary/aromatic N) is 2. The number of carbonyl (C=O) groups is 1. The summed E-state index contributed by atoms with van der Waals surface area (Å²) in [6.07, 6.45) is 3.34. The van der Waals surface area contributed by atoms with E-state index in [4.69, 9.17) is 0 Å². The average Bonchev–Trinajstić information content (AvgIpc) is 3.05. The van der Waals surface area contributed by atoms with Crippen LogP contribution in [-0.2, 0) is 4.79 Å². The van der Waals surface area contributed by atoms with Crippen LogP contribution in [0.1, 0.15) is 26.2 Å². The van der Waals surface area contributed by atoms with E-state index in [-0.39, 0.29) is 0 Å². The van der Waals surface area contributed by atoms with Gasteiger partial charge in [0.25, 0.3) is 0 Å². The Balaban J connectivity index is 1.50. The van der Waals surface area contributed by atoms with Crippen LogP contribution in [0.4, 0.5) is 0 Å². The van der Waals surface area contributed by atoms with Gasteiger partial charge in [-0.1, -0.05) is 0 Å². The molecule has 3 heterocycles. The summed E-state index contributed by atoms with van der Waals surface area (Å²) < 4.78 is 0. The van der Waals surface area contributed by atoms with Gasteiger partial charge in [-0.05, 0) is 44.7 Å². The van der Waals surface area contributed by atoms with E-state index in [1.165, 1.54) is 25.9 Å². The number of rotatable bonds is 3. The Morgan fingerprint density at radius 1 is 1.28 bits per heavy atom. The smallest absolute Gasteiger partial charge is 0.224 e. The molecule has 0 aromatic heterocycles. The lowest BCUT2D eigenvalue weighted by molar-refractivity contribution is -0.132. The van der Waals surface area contributed by atoms with E-state index in [2.05, 4.69) is 22.0 Å². The highest BCUT2D eigenvalue weighted by atomic mass is 16.2. The maximum Gasteiger partial charge on any atom is 0.224 e. The number of likely N-dealkylation sites (tertiary alicyclic amines) is 2. The van der Waals surface area contributed by atoms with Crippen LogP contribution >= 0.6 is 0 Å². The maximum absolute atomic E-state index is 12.3.